The summed E-state index contributed by atoms with van der Waals surface area (Å²) in [6.45, 7) is 4.23. The number of aliphatic imine (C=N–C) groups is 1. The van der Waals surface area contributed by atoms with Crippen molar-refractivity contribution in [3.05, 3.63) is 48.3 Å². The maximum absolute atomic E-state index is 4.32. The lowest BCUT2D eigenvalue weighted by Crippen LogP contribution is -2.41. The Kier molecular flexibility index (Phi) is 8.37. The highest BCUT2D eigenvalue weighted by atomic mass is 127. The molecule has 0 spiro atoms. The van der Waals surface area contributed by atoms with Crippen LogP contribution >= 0.6 is 24.0 Å². The highest BCUT2D eigenvalue weighted by Gasteiger charge is 2.19. The van der Waals surface area contributed by atoms with E-state index >= 15 is 0 Å². The minimum atomic E-state index is 0. The number of rotatable bonds is 6. The first-order valence-electron chi connectivity index (χ1n) is 8.96. The number of hydrogen-bond acceptors (Lipinski definition) is 3. The summed E-state index contributed by atoms with van der Waals surface area (Å²) in [5, 5.41) is 11.1. The van der Waals surface area contributed by atoms with E-state index in [1.54, 1.807) is 6.20 Å². The third-order valence-electron chi connectivity index (χ3n) is 4.68. The molecule has 26 heavy (non-hydrogen) atoms. The number of nitrogens with one attached hydrogen (secondary N) is 2. The lowest BCUT2D eigenvalue weighted by atomic mass is 10.1. The van der Waals surface area contributed by atoms with Crippen LogP contribution in [0.2, 0.25) is 0 Å². The molecule has 1 saturated heterocycles. The lowest BCUT2D eigenvalue weighted by Gasteiger charge is -2.15. The predicted octanol–water partition coefficient (Wildman–Crippen LogP) is 2.15. The minimum absolute atomic E-state index is 0. The Morgan fingerprint density at radius 1 is 1.27 bits per heavy atom. The van der Waals surface area contributed by atoms with Crippen LogP contribution in [0.25, 0.3) is 5.69 Å². The Labute approximate surface area is 173 Å². The standard InChI is InChI=1S/C19H28N6.HI/c1-20-19(22-14-17-9-13-24(2)15-17)21-11-8-16-4-6-18(7-5-16)25-12-3-10-23-25;/h3-7,10,12,17H,8-9,11,13-15H2,1-2H3,(H2,20,21,22);1H. The monoisotopic (exact) mass is 468 g/mol. The molecular formula is C19H29IN6. The van der Waals surface area contributed by atoms with E-state index in [1.165, 1.54) is 25.1 Å². The summed E-state index contributed by atoms with van der Waals surface area (Å²) < 4.78 is 1.87. The van der Waals surface area contributed by atoms with Crippen LogP contribution in [0.1, 0.15) is 12.0 Å². The molecule has 2 N–H and O–H groups in total. The van der Waals surface area contributed by atoms with Crippen molar-refractivity contribution in [3.63, 3.8) is 0 Å². The van der Waals surface area contributed by atoms with E-state index in [9.17, 15) is 0 Å². The van der Waals surface area contributed by atoms with E-state index in [0.717, 1.165) is 37.1 Å². The second-order valence-electron chi connectivity index (χ2n) is 6.66. The lowest BCUT2D eigenvalue weighted by molar-refractivity contribution is 0.394. The molecule has 3 rings (SSSR count). The van der Waals surface area contributed by atoms with Gasteiger partial charge in [-0.25, -0.2) is 4.68 Å². The number of benzene rings is 1. The van der Waals surface area contributed by atoms with Gasteiger partial charge in [0.15, 0.2) is 5.96 Å². The Balaban J connectivity index is 0.00000243. The van der Waals surface area contributed by atoms with Crippen molar-refractivity contribution >= 4 is 29.9 Å². The molecule has 0 radical (unpaired) electrons. The van der Waals surface area contributed by atoms with Crippen molar-refractivity contribution in [1.82, 2.24) is 25.3 Å². The molecule has 0 saturated carbocycles. The zero-order chi connectivity index (χ0) is 17.5. The Morgan fingerprint density at radius 2 is 2.08 bits per heavy atom. The fourth-order valence-corrected chi connectivity index (χ4v) is 3.22. The van der Waals surface area contributed by atoms with E-state index in [0.29, 0.717) is 0 Å². The third kappa shape index (κ3) is 5.98. The summed E-state index contributed by atoms with van der Waals surface area (Å²) >= 11 is 0. The van der Waals surface area contributed by atoms with E-state index in [1.807, 2.05) is 24.0 Å². The molecule has 1 fully saturated rings. The van der Waals surface area contributed by atoms with E-state index < -0.39 is 0 Å². The van der Waals surface area contributed by atoms with Crippen LogP contribution < -0.4 is 10.6 Å². The smallest absolute Gasteiger partial charge is 0.190 e. The van der Waals surface area contributed by atoms with Crippen LogP contribution in [0.15, 0.2) is 47.7 Å². The molecule has 7 heteroatoms. The highest BCUT2D eigenvalue weighted by molar-refractivity contribution is 14.0. The fourth-order valence-electron chi connectivity index (χ4n) is 3.22. The highest BCUT2D eigenvalue weighted by Crippen LogP contribution is 2.12. The SMILES string of the molecule is CN=C(NCCc1ccc(-n2cccn2)cc1)NCC1CCN(C)C1.I. The molecule has 0 aliphatic carbocycles. The third-order valence-corrected chi connectivity index (χ3v) is 4.68. The van der Waals surface area contributed by atoms with Crippen molar-refractivity contribution in [1.29, 1.82) is 0 Å². The summed E-state index contributed by atoms with van der Waals surface area (Å²) in [6, 6.07) is 10.4. The summed E-state index contributed by atoms with van der Waals surface area (Å²) in [4.78, 5) is 6.70. The number of hydrogen-bond donors (Lipinski definition) is 2. The van der Waals surface area contributed by atoms with Gasteiger partial charge in [0.05, 0.1) is 5.69 Å². The van der Waals surface area contributed by atoms with Crippen LogP contribution in [-0.2, 0) is 6.42 Å². The number of nitrogens with zero attached hydrogens (tertiary/aromatic N) is 4. The van der Waals surface area contributed by atoms with Crippen LogP contribution in [0.5, 0.6) is 0 Å². The molecule has 1 aromatic carbocycles. The topological polar surface area (TPSA) is 57.5 Å². The Hall–Kier alpha value is -1.61. The second-order valence-corrected chi connectivity index (χ2v) is 6.66. The van der Waals surface area contributed by atoms with Crippen molar-refractivity contribution in [2.75, 3.05) is 40.3 Å². The molecule has 1 atom stereocenters. The normalized spacial score (nSPS) is 17.8. The molecule has 142 valence electrons. The first kappa shape index (κ1) is 20.7. The van der Waals surface area contributed by atoms with Crippen molar-refractivity contribution in [2.45, 2.75) is 12.8 Å². The zero-order valence-corrected chi connectivity index (χ0v) is 17.9. The number of aromatic nitrogens is 2. The first-order chi connectivity index (χ1) is 12.2. The van der Waals surface area contributed by atoms with Gasteiger partial charge in [0, 0.05) is 39.1 Å². The van der Waals surface area contributed by atoms with Crippen molar-refractivity contribution in [2.24, 2.45) is 10.9 Å². The van der Waals surface area contributed by atoms with Gasteiger partial charge < -0.3 is 15.5 Å². The van der Waals surface area contributed by atoms with Crippen LogP contribution in [-0.4, -0.2) is 60.9 Å². The van der Waals surface area contributed by atoms with E-state index in [2.05, 4.69) is 56.9 Å². The molecule has 1 aromatic heterocycles. The van der Waals surface area contributed by atoms with E-state index in [4.69, 9.17) is 0 Å². The maximum atomic E-state index is 4.32. The van der Waals surface area contributed by atoms with Gasteiger partial charge in [0.2, 0.25) is 0 Å². The summed E-state index contributed by atoms with van der Waals surface area (Å²) in [6.07, 6.45) is 5.98. The second kappa shape index (κ2) is 10.5. The molecule has 1 aliphatic heterocycles. The molecule has 6 nitrogen and oxygen atoms in total. The van der Waals surface area contributed by atoms with Gasteiger partial charge in [0.25, 0.3) is 0 Å². The molecule has 0 amide bonds. The number of guanidine groups is 1. The van der Waals surface area contributed by atoms with Gasteiger partial charge >= 0.3 is 0 Å². The largest absolute Gasteiger partial charge is 0.356 e. The van der Waals surface area contributed by atoms with Gasteiger partial charge in [-0.05, 0) is 56.1 Å². The van der Waals surface area contributed by atoms with Gasteiger partial charge in [-0.3, -0.25) is 4.99 Å². The summed E-state index contributed by atoms with van der Waals surface area (Å²) in [5.41, 5.74) is 2.39. The van der Waals surface area contributed by atoms with E-state index in [-0.39, 0.29) is 24.0 Å². The molecule has 2 aromatic rings. The summed E-state index contributed by atoms with van der Waals surface area (Å²) in [5.74, 6) is 1.61. The van der Waals surface area contributed by atoms with Crippen LogP contribution in [0.3, 0.4) is 0 Å². The predicted molar refractivity (Wildman–Crippen MR) is 118 cm³/mol. The number of likely N-dealkylation sites (tertiary alicyclic amines) is 1. The molecule has 0 bridgehead atoms. The Morgan fingerprint density at radius 3 is 2.69 bits per heavy atom. The minimum Gasteiger partial charge on any atom is -0.356 e. The first-order valence-corrected chi connectivity index (χ1v) is 8.96. The van der Waals surface area contributed by atoms with Gasteiger partial charge in [0.1, 0.15) is 0 Å². The zero-order valence-electron chi connectivity index (χ0n) is 15.6. The molecule has 1 aliphatic rings. The van der Waals surface area contributed by atoms with Gasteiger partial charge in [-0.15, -0.1) is 24.0 Å². The fraction of sp³-hybridized carbons (Fsp3) is 0.474. The van der Waals surface area contributed by atoms with Crippen LogP contribution in [0.4, 0.5) is 0 Å². The van der Waals surface area contributed by atoms with Crippen molar-refractivity contribution < 1.29 is 0 Å². The quantitative estimate of drug-likeness (QED) is 0.388. The Bertz CT molecular complexity index is 668. The average Bonchev–Trinajstić information content (AvgIpc) is 3.30. The molecule has 1 unspecified atom stereocenters. The number of halogens is 1. The summed E-state index contributed by atoms with van der Waals surface area (Å²) in [7, 11) is 4.01. The van der Waals surface area contributed by atoms with Crippen molar-refractivity contribution in [3.8, 4) is 5.69 Å². The van der Waals surface area contributed by atoms with Gasteiger partial charge in [-0.1, -0.05) is 12.1 Å². The maximum Gasteiger partial charge on any atom is 0.190 e. The van der Waals surface area contributed by atoms with Crippen LogP contribution in [0, 0.1) is 5.92 Å². The molecule has 2 heterocycles. The van der Waals surface area contributed by atoms with Gasteiger partial charge in [-0.2, -0.15) is 5.10 Å². The molecular weight excluding hydrogens is 439 g/mol. The average molecular weight is 468 g/mol.